The summed E-state index contributed by atoms with van der Waals surface area (Å²) in [5.74, 6) is 0. The molecule has 0 N–H and O–H groups in total. The van der Waals surface area contributed by atoms with Crippen LogP contribution in [0.15, 0.2) is 243 Å². The molecular weight excluding hydrogens is 937 g/mol. The van der Waals surface area contributed by atoms with E-state index >= 15 is 0 Å². The van der Waals surface area contributed by atoms with Gasteiger partial charge >= 0.3 is 0 Å². The second-order valence-electron chi connectivity index (χ2n) is 22.1. The normalized spacial score (nSPS) is 12.5. The third-order valence-electron chi connectivity index (χ3n) is 18.3. The molecule has 0 saturated carbocycles. The molecule has 17 aromatic carbocycles. The lowest BCUT2D eigenvalue weighted by molar-refractivity contribution is 1.38. The van der Waals surface area contributed by atoms with Gasteiger partial charge in [-0.3, -0.25) is 0 Å². The van der Waals surface area contributed by atoms with Gasteiger partial charge in [0.2, 0.25) is 0 Å². The Kier molecular flexibility index (Phi) is 8.35. The Balaban J connectivity index is 1.02. The van der Waals surface area contributed by atoms with E-state index in [1.165, 1.54) is 197 Å². The van der Waals surface area contributed by atoms with Gasteiger partial charge in [0.05, 0.1) is 0 Å². The van der Waals surface area contributed by atoms with E-state index in [1.807, 2.05) is 0 Å². The van der Waals surface area contributed by atoms with E-state index in [-0.39, 0.29) is 0 Å². The van der Waals surface area contributed by atoms with Crippen LogP contribution < -0.4 is 0 Å². The summed E-state index contributed by atoms with van der Waals surface area (Å²) in [7, 11) is 0. The Morgan fingerprint density at radius 1 is 0.179 bits per heavy atom. The standard InChI is InChI=1S/C78H46/c1-43-16-13-17-44(2)69(43)48-30-31-51-56-32-33-57-59-36-38-62-76-63(39-37-60(73(59)76)58-34-35-61(64(51)40-48)71(56)72(57)58)78-75(53-27-12-10-25-50(53)46-20-7-4-8-21-46)68-42-66-55-29-15-23-47-22-14-28-54(70(47)55)65(66)41-67(68)74(77(62)78)52-26-11-9-24-49(52)45-18-5-3-6-19-45/h3-42H,1-2H3. The average molecular weight is 983 g/mol. The van der Waals surface area contributed by atoms with Crippen LogP contribution in [0.2, 0.25) is 0 Å². The summed E-state index contributed by atoms with van der Waals surface area (Å²) >= 11 is 0. The van der Waals surface area contributed by atoms with Crippen molar-refractivity contribution in [2.24, 2.45) is 0 Å². The molecule has 0 saturated heterocycles. The zero-order valence-corrected chi connectivity index (χ0v) is 43.1. The van der Waals surface area contributed by atoms with Gasteiger partial charge in [-0.15, -0.1) is 0 Å². The van der Waals surface area contributed by atoms with Crippen molar-refractivity contribution in [1.29, 1.82) is 0 Å². The molecular formula is C78H46. The number of rotatable bonds is 5. The molecule has 0 unspecified atom stereocenters. The van der Waals surface area contributed by atoms with E-state index < -0.39 is 0 Å². The summed E-state index contributed by atoms with van der Waals surface area (Å²) in [5.41, 5.74) is 20.5. The third kappa shape index (κ3) is 5.44. The van der Waals surface area contributed by atoms with Gasteiger partial charge in [-0.2, -0.15) is 0 Å². The van der Waals surface area contributed by atoms with Crippen molar-refractivity contribution in [2.45, 2.75) is 13.8 Å². The second kappa shape index (κ2) is 15.4. The lowest BCUT2D eigenvalue weighted by Crippen LogP contribution is -1.93. The van der Waals surface area contributed by atoms with Crippen LogP contribution in [0.5, 0.6) is 0 Å². The summed E-state index contributed by atoms with van der Waals surface area (Å²) in [6, 6.07) is 92.7. The Morgan fingerprint density at radius 2 is 0.590 bits per heavy atom. The molecule has 78 heavy (non-hydrogen) atoms. The minimum absolute atomic E-state index is 1.21. The van der Waals surface area contributed by atoms with E-state index in [9.17, 15) is 0 Å². The quantitative estimate of drug-likeness (QED) is 0.119. The molecule has 18 rings (SSSR count). The van der Waals surface area contributed by atoms with Crippen LogP contribution in [0.1, 0.15) is 11.1 Å². The van der Waals surface area contributed by atoms with Crippen molar-refractivity contribution in [3.05, 3.63) is 254 Å². The predicted molar refractivity (Wildman–Crippen MR) is 336 cm³/mol. The SMILES string of the molecule is Cc1cccc(C)c1-c1ccc2c(c1)-c1ccc3c4ccc5c6c(-c7ccccc7-c7ccccc7)c7cc8c(cc7c(-c7ccccc7-c7ccccc7)c6c6ccc(c7ccc-2c1c73)c4c65)c1cccc2cccc8c21. The minimum atomic E-state index is 1.21. The van der Waals surface area contributed by atoms with Crippen molar-refractivity contribution < 1.29 is 0 Å². The fraction of sp³-hybridized carbons (Fsp3) is 0.0256. The van der Waals surface area contributed by atoms with Gasteiger partial charge in [-0.25, -0.2) is 0 Å². The van der Waals surface area contributed by atoms with Gasteiger partial charge in [0.15, 0.2) is 0 Å². The Morgan fingerprint density at radius 3 is 1.13 bits per heavy atom. The highest BCUT2D eigenvalue weighted by Crippen LogP contribution is 2.59. The first-order chi connectivity index (χ1) is 38.6. The van der Waals surface area contributed by atoms with Crippen molar-refractivity contribution in [3.8, 4) is 77.9 Å². The average Bonchev–Trinajstić information content (AvgIpc) is 4.21. The summed E-state index contributed by atoms with van der Waals surface area (Å²) in [4.78, 5) is 0. The molecule has 0 spiro atoms. The Labute approximate surface area is 450 Å². The van der Waals surface area contributed by atoms with E-state index in [2.05, 4.69) is 257 Å². The van der Waals surface area contributed by atoms with Crippen LogP contribution in [0.4, 0.5) is 0 Å². The van der Waals surface area contributed by atoms with Gasteiger partial charge in [-0.1, -0.05) is 224 Å². The molecule has 358 valence electrons. The smallest absolute Gasteiger partial charge is 0.000718 e. The topological polar surface area (TPSA) is 0 Å². The van der Waals surface area contributed by atoms with Gasteiger partial charge in [0.25, 0.3) is 0 Å². The molecule has 1 aliphatic rings. The van der Waals surface area contributed by atoms with Crippen LogP contribution in [0.3, 0.4) is 0 Å². The maximum atomic E-state index is 2.57. The molecule has 0 amide bonds. The molecule has 1 aliphatic carbocycles. The molecule has 0 nitrogen and oxygen atoms in total. The van der Waals surface area contributed by atoms with Gasteiger partial charge < -0.3 is 0 Å². The van der Waals surface area contributed by atoms with Crippen LogP contribution in [-0.4, -0.2) is 0 Å². The summed E-state index contributed by atoms with van der Waals surface area (Å²) in [6.45, 7) is 4.48. The number of aryl methyl sites for hydroxylation is 2. The van der Waals surface area contributed by atoms with Crippen molar-refractivity contribution in [2.75, 3.05) is 0 Å². The molecule has 0 aliphatic heterocycles. The summed E-state index contributed by atoms with van der Waals surface area (Å²) in [5, 5.41) is 26.3. The zero-order chi connectivity index (χ0) is 51.1. The second-order valence-corrected chi connectivity index (χ2v) is 22.1. The molecule has 17 aromatic rings. The highest BCUT2D eigenvalue weighted by atomic mass is 14.3. The van der Waals surface area contributed by atoms with Crippen molar-refractivity contribution in [1.82, 2.24) is 0 Å². The molecule has 0 heteroatoms. The first-order valence-electron chi connectivity index (χ1n) is 27.5. The summed E-state index contributed by atoms with van der Waals surface area (Å²) < 4.78 is 0. The van der Waals surface area contributed by atoms with E-state index in [1.54, 1.807) is 0 Å². The maximum absolute atomic E-state index is 2.57. The number of hydrogen-bond donors (Lipinski definition) is 0. The lowest BCUT2D eigenvalue weighted by atomic mass is 9.82. The zero-order valence-electron chi connectivity index (χ0n) is 43.1. The number of benzene rings is 15. The first kappa shape index (κ1) is 42.4. The molecule has 0 bridgehead atoms. The Hall–Kier alpha value is -9.88. The Bertz CT molecular complexity index is 5170. The fourth-order valence-corrected chi connectivity index (χ4v) is 15.2. The predicted octanol–water partition coefficient (Wildman–Crippen LogP) is 22.1. The van der Waals surface area contributed by atoms with Crippen LogP contribution in [0, 0.1) is 13.8 Å². The van der Waals surface area contributed by atoms with Crippen LogP contribution >= 0.6 is 0 Å². The molecule has 0 atom stereocenters. The largest absolute Gasteiger partial charge is 0.0622 e. The van der Waals surface area contributed by atoms with E-state index in [4.69, 9.17) is 0 Å². The fourth-order valence-electron chi connectivity index (χ4n) is 15.2. The monoisotopic (exact) mass is 982 g/mol. The highest BCUT2D eigenvalue weighted by molar-refractivity contribution is 6.48. The molecule has 0 radical (unpaired) electrons. The molecule has 0 aromatic heterocycles. The maximum Gasteiger partial charge on any atom is -0.000718 e. The van der Waals surface area contributed by atoms with Gasteiger partial charge in [-0.05, 0) is 229 Å². The molecule has 0 heterocycles. The van der Waals surface area contributed by atoms with E-state index in [0.29, 0.717) is 0 Å². The van der Waals surface area contributed by atoms with E-state index in [0.717, 1.165) is 0 Å². The number of hydrogen-bond acceptors (Lipinski definition) is 0. The first-order valence-corrected chi connectivity index (χ1v) is 27.5. The van der Waals surface area contributed by atoms with Crippen molar-refractivity contribution in [3.63, 3.8) is 0 Å². The minimum Gasteiger partial charge on any atom is -0.0622 e. The molecule has 0 fully saturated rings. The highest BCUT2D eigenvalue weighted by Gasteiger charge is 2.31. The van der Waals surface area contributed by atoms with Gasteiger partial charge in [0.1, 0.15) is 0 Å². The van der Waals surface area contributed by atoms with Gasteiger partial charge in [0, 0.05) is 0 Å². The summed E-state index contributed by atoms with van der Waals surface area (Å²) in [6.07, 6.45) is 0. The van der Waals surface area contributed by atoms with Crippen LogP contribution in [0.25, 0.3) is 186 Å². The van der Waals surface area contributed by atoms with Crippen LogP contribution in [-0.2, 0) is 0 Å². The lowest BCUT2D eigenvalue weighted by Gasteiger charge is -2.21. The number of fused-ring (bicyclic) bond motifs is 12. The van der Waals surface area contributed by atoms with Crippen molar-refractivity contribution >= 4 is 108 Å². The third-order valence-corrected chi connectivity index (χ3v) is 18.3.